The summed E-state index contributed by atoms with van der Waals surface area (Å²) in [6.45, 7) is 1.27. The summed E-state index contributed by atoms with van der Waals surface area (Å²) in [5.41, 5.74) is 6.66. The molecule has 6 nitrogen and oxygen atoms in total. The van der Waals surface area contributed by atoms with E-state index in [-0.39, 0.29) is 0 Å². The van der Waals surface area contributed by atoms with Gasteiger partial charge in [0.25, 0.3) is 0 Å². The molecule has 19 heavy (non-hydrogen) atoms. The maximum atomic E-state index is 6.30. The van der Waals surface area contributed by atoms with Crippen molar-refractivity contribution in [1.29, 1.82) is 0 Å². The molecule has 2 aromatic rings. The molecule has 0 amide bonds. The summed E-state index contributed by atoms with van der Waals surface area (Å²) in [6.07, 6.45) is 3.71. The number of aromatic nitrogens is 3. The fourth-order valence-corrected chi connectivity index (χ4v) is 2.14. The second kappa shape index (κ2) is 5.07. The Morgan fingerprint density at radius 3 is 2.84 bits per heavy atom. The van der Waals surface area contributed by atoms with Gasteiger partial charge < -0.3 is 15.0 Å². The Balaban J connectivity index is 1.76. The number of pyridine rings is 1. The predicted molar refractivity (Wildman–Crippen MR) is 67.3 cm³/mol. The monoisotopic (exact) mass is 260 g/mol. The van der Waals surface area contributed by atoms with Gasteiger partial charge in [-0.3, -0.25) is 4.98 Å². The number of ether oxygens (including phenoxy) is 1. The highest BCUT2D eigenvalue weighted by Gasteiger charge is 2.35. The molecule has 0 radical (unpaired) electrons. The lowest BCUT2D eigenvalue weighted by Gasteiger charge is -2.29. The standard InChI is InChI=1S/C13H16N4O2/c14-13(4-7-18-8-5-13)12-16-11(17-19-12)9-10-3-1-2-6-15-10/h1-3,6H,4-5,7-9,14H2. The van der Waals surface area contributed by atoms with Gasteiger partial charge in [0.05, 0.1) is 6.42 Å². The minimum atomic E-state index is -0.548. The van der Waals surface area contributed by atoms with Crippen LogP contribution in [0.25, 0.3) is 0 Å². The predicted octanol–water partition coefficient (Wildman–Crippen LogP) is 1.02. The van der Waals surface area contributed by atoms with E-state index >= 15 is 0 Å². The number of nitrogens with two attached hydrogens (primary N) is 1. The molecule has 1 fully saturated rings. The van der Waals surface area contributed by atoms with Gasteiger partial charge >= 0.3 is 0 Å². The summed E-state index contributed by atoms with van der Waals surface area (Å²) in [4.78, 5) is 8.64. The zero-order valence-corrected chi connectivity index (χ0v) is 10.6. The number of hydrogen-bond donors (Lipinski definition) is 1. The van der Waals surface area contributed by atoms with Crippen molar-refractivity contribution in [3.05, 3.63) is 41.8 Å². The first kappa shape index (κ1) is 12.3. The Labute approximate surface area is 111 Å². The molecule has 0 atom stereocenters. The molecule has 0 saturated carbocycles. The molecule has 0 unspecified atom stereocenters. The minimum Gasteiger partial charge on any atom is -0.381 e. The molecule has 100 valence electrons. The first-order valence-corrected chi connectivity index (χ1v) is 6.36. The molecule has 3 heterocycles. The van der Waals surface area contributed by atoms with E-state index in [4.69, 9.17) is 15.0 Å². The molecule has 1 saturated heterocycles. The van der Waals surface area contributed by atoms with Crippen LogP contribution >= 0.6 is 0 Å². The third kappa shape index (κ3) is 2.64. The Kier molecular flexibility index (Phi) is 3.27. The molecular weight excluding hydrogens is 244 g/mol. The summed E-state index contributed by atoms with van der Waals surface area (Å²) in [6, 6.07) is 5.75. The van der Waals surface area contributed by atoms with Crippen molar-refractivity contribution in [3.63, 3.8) is 0 Å². The van der Waals surface area contributed by atoms with Crippen LogP contribution in [0.3, 0.4) is 0 Å². The zero-order chi connectivity index (χ0) is 13.1. The van der Waals surface area contributed by atoms with E-state index in [1.807, 2.05) is 18.2 Å². The maximum Gasteiger partial charge on any atom is 0.246 e. The number of rotatable bonds is 3. The van der Waals surface area contributed by atoms with E-state index in [1.54, 1.807) is 6.20 Å². The molecule has 2 aromatic heterocycles. The van der Waals surface area contributed by atoms with Gasteiger partial charge in [-0.1, -0.05) is 11.2 Å². The van der Waals surface area contributed by atoms with Gasteiger partial charge in [0.1, 0.15) is 5.54 Å². The summed E-state index contributed by atoms with van der Waals surface area (Å²) in [7, 11) is 0. The lowest BCUT2D eigenvalue weighted by molar-refractivity contribution is 0.0400. The topological polar surface area (TPSA) is 87.1 Å². The van der Waals surface area contributed by atoms with Gasteiger partial charge in [-0.25, -0.2) is 0 Å². The van der Waals surface area contributed by atoms with Crippen molar-refractivity contribution in [2.24, 2.45) is 5.73 Å². The summed E-state index contributed by atoms with van der Waals surface area (Å²) in [5.74, 6) is 1.12. The van der Waals surface area contributed by atoms with E-state index in [0.29, 0.717) is 44.2 Å². The van der Waals surface area contributed by atoms with Gasteiger partial charge in [0, 0.05) is 25.1 Å². The average Bonchev–Trinajstić information content (AvgIpc) is 2.90. The van der Waals surface area contributed by atoms with Crippen molar-refractivity contribution >= 4 is 0 Å². The minimum absolute atomic E-state index is 0.502. The first-order chi connectivity index (χ1) is 9.26. The van der Waals surface area contributed by atoms with Gasteiger partial charge in [0.15, 0.2) is 5.82 Å². The molecule has 1 aliphatic rings. The van der Waals surface area contributed by atoms with Crippen LogP contribution in [-0.4, -0.2) is 28.3 Å². The van der Waals surface area contributed by atoms with Crippen LogP contribution in [0, 0.1) is 0 Å². The van der Waals surface area contributed by atoms with E-state index in [0.717, 1.165) is 5.69 Å². The number of hydrogen-bond acceptors (Lipinski definition) is 6. The fourth-order valence-electron chi connectivity index (χ4n) is 2.14. The van der Waals surface area contributed by atoms with E-state index in [1.165, 1.54) is 0 Å². The SMILES string of the molecule is NC1(c2nc(Cc3ccccn3)no2)CCOCC1. The fraction of sp³-hybridized carbons (Fsp3) is 0.462. The lowest BCUT2D eigenvalue weighted by Crippen LogP contribution is -2.42. The second-order valence-electron chi connectivity index (χ2n) is 4.78. The molecule has 0 spiro atoms. The molecule has 0 bridgehead atoms. The Hall–Kier alpha value is -1.79. The normalized spacial score (nSPS) is 18.4. The van der Waals surface area contributed by atoms with E-state index < -0.39 is 5.54 Å². The number of nitrogens with zero attached hydrogens (tertiary/aromatic N) is 3. The first-order valence-electron chi connectivity index (χ1n) is 6.36. The smallest absolute Gasteiger partial charge is 0.246 e. The van der Waals surface area contributed by atoms with Crippen molar-refractivity contribution in [1.82, 2.24) is 15.1 Å². The third-order valence-corrected chi connectivity index (χ3v) is 3.34. The highest BCUT2D eigenvalue weighted by atomic mass is 16.5. The quantitative estimate of drug-likeness (QED) is 0.886. The van der Waals surface area contributed by atoms with Crippen molar-refractivity contribution in [3.8, 4) is 0 Å². The van der Waals surface area contributed by atoms with Crippen LogP contribution in [0.4, 0.5) is 0 Å². The molecule has 0 aliphatic carbocycles. The zero-order valence-electron chi connectivity index (χ0n) is 10.6. The summed E-state index contributed by atoms with van der Waals surface area (Å²) < 4.78 is 10.6. The highest BCUT2D eigenvalue weighted by molar-refractivity contribution is 5.11. The largest absolute Gasteiger partial charge is 0.381 e. The van der Waals surface area contributed by atoms with Gasteiger partial charge in [0.2, 0.25) is 5.89 Å². The van der Waals surface area contributed by atoms with Crippen LogP contribution in [-0.2, 0) is 16.7 Å². The van der Waals surface area contributed by atoms with Gasteiger partial charge in [-0.15, -0.1) is 0 Å². The van der Waals surface area contributed by atoms with E-state index in [2.05, 4.69) is 15.1 Å². The average molecular weight is 260 g/mol. The molecule has 2 N–H and O–H groups in total. The molecule has 6 heteroatoms. The third-order valence-electron chi connectivity index (χ3n) is 3.34. The Morgan fingerprint density at radius 1 is 1.26 bits per heavy atom. The van der Waals surface area contributed by atoms with E-state index in [9.17, 15) is 0 Å². The van der Waals surface area contributed by atoms with Gasteiger partial charge in [-0.2, -0.15) is 4.98 Å². The van der Waals surface area contributed by atoms with Gasteiger partial charge in [-0.05, 0) is 25.0 Å². The van der Waals surface area contributed by atoms with Crippen molar-refractivity contribution < 1.29 is 9.26 Å². The highest BCUT2D eigenvalue weighted by Crippen LogP contribution is 2.28. The van der Waals surface area contributed by atoms with Crippen molar-refractivity contribution in [2.45, 2.75) is 24.8 Å². The summed E-state index contributed by atoms with van der Waals surface area (Å²) >= 11 is 0. The van der Waals surface area contributed by atoms with Crippen LogP contribution in [0.1, 0.15) is 30.3 Å². The molecule has 0 aromatic carbocycles. The summed E-state index contributed by atoms with van der Waals surface area (Å²) in [5, 5.41) is 3.98. The van der Waals surface area contributed by atoms with Crippen LogP contribution < -0.4 is 5.73 Å². The second-order valence-corrected chi connectivity index (χ2v) is 4.78. The van der Waals surface area contributed by atoms with Crippen molar-refractivity contribution in [2.75, 3.05) is 13.2 Å². The van der Waals surface area contributed by atoms with Crippen LogP contribution in [0.5, 0.6) is 0 Å². The van der Waals surface area contributed by atoms with Crippen LogP contribution in [0.15, 0.2) is 28.9 Å². The maximum absolute atomic E-state index is 6.30. The Bertz CT molecular complexity index is 535. The molecule has 1 aliphatic heterocycles. The molecular formula is C13H16N4O2. The molecule has 3 rings (SSSR count). The lowest BCUT2D eigenvalue weighted by atomic mass is 9.91. The Morgan fingerprint density at radius 2 is 2.11 bits per heavy atom. The van der Waals surface area contributed by atoms with Crippen LogP contribution in [0.2, 0.25) is 0 Å².